The lowest BCUT2D eigenvalue weighted by molar-refractivity contribution is -0.131. The zero-order valence-electron chi connectivity index (χ0n) is 12.8. The Morgan fingerprint density at radius 1 is 1.38 bits per heavy atom. The van der Waals surface area contributed by atoms with Crippen molar-refractivity contribution in [3.8, 4) is 0 Å². The second-order valence-corrected chi connectivity index (χ2v) is 7.17. The Hall–Kier alpha value is -0.940. The Bertz CT molecular complexity index is 494. The molecular weight excluding hydrogens is 284 g/mol. The van der Waals surface area contributed by atoms with E-state index in [1.165, 1.54) is 17.7 Å². The summed E-state index contributed by atoms with van der Waals surface area (Å²) >= 11 is 1.66. The van der Waals surface area contributed by atoms with Crippen molar-refractivity contribution in [2.75, 3.05) is 19.7 Å². The van der Waals surface area contributed by atoms with Gasteiger partial charge in [-0.05, 0) is 45.4 Å². The van der Waals surface area contributed by atoms with Crippen LogP contribution in [0.25, 0.3) is 0 Å². The third kappa shape index (κ3) is 3.46. The number of nitrogens with zero attached hydrogens (tertiary/aromatic N) is 2. The highest BCUT2D eigenvalue weighted by Gasteiger charge is 2.37. The number of hydrogen-bond donors (Lipinski definition) is 0. The van der Waals surface area contributed by atoms with Crippen LogP contribution in [0.3, 0.4) is 0 Å². The minimum Gasteiger partial charge on any atom is -0.375 e. The van der Waals surface area contributed by atoms with E-state index < -0.39 is 0 Å². The maximum atomic E-state index is 12.4. The number of ether oxygens (including phenoxy) is 1. The van der Waals surface area contributed by atoms with Crippen molar-refractivity contribution in [1.82, 2.24) is 9.88 Å². The minimum atomic E-state index is 0.0866. The molecule has 1 aromatic heterocycles. The second-order valence-electron chi connectivity index (χ2n) is 6.23. The molecule has 0 saturated carbocycles. The smallest absolute Gasteiger partial charge is 0.222 e. The molecule has 1 spiro atoms. The van der Waals surface area contributed by atoms with Crippen LogP contribution in [0.4, 0.5) is 0 Å². The van der Waals surface area contributed by atoms with Gasteiger partial charge in [0.05, 0.1) is 16.8 Å². The molecule has 1 atom stereocenters. The van der Waals surface area contributed by atoms with Crippen LogP contribution in [0.5, 0.6) is 0 Å². The molecule has 3 heterocycles. The van der Waals surface area contributed by atoms with E-state index in [-0.39, 0.29) is 11.5 Å². The Labute approximate surface area is 130 Å². The van der Waals surface area contributed by atoms with E-state index in [2.05, 4.69) is 4.98 Å². The highest BCUT2D eigenvalue weighted by atomic mass is 32.1. The minimum absolute atomic E-state index is 0.0866. The van der Waals surface area contributed by atoms with Crippen molar-refractivity contribution in [3.63, 3.8) is 0 Å². The van der Waals surface area contributed by atoms with E-state index in [4.69, 9.17) is 4.74 Å². The predicted octanol–water partition coefficient (Wildman–Crippen LogP) is 2.95. The van der Waals surface area contributed by atoms with Gasteiger partial charge in [-0.25, -0.2) is 4.98 Å². The fourth-order valence-corrected chi connectivity index (χ4v) is 4.29. The maximum absolute atomic E-state index is 12.4. The van der Waals surface area contributed by atoms with E-state index in [0.717, 1.165) is 51.1 Å². The lowest BCUT2D eigenvalue weighted by Gasteiger charge is -2.27. The molecule has 5 heteroatoms. The fourth-order valence-electron chi connectivity index (χ4n) is 3.51. The SMILES string of the molecule is Cc1ncsc1CCC(=O)N1CCCC2(CCCO2)CC1. The fraction of sp³-hybridized carbons (Fsp3) is 0.750. The molecule has 0 radical (unpaired) electrons. The number of amides is 1. The topological polar surface area (TPSA) is 42.4 Å². The second kappa shape index (κ2) is 6.44. The Morgan fingerprint density at radius 3 is 2.95 bits per heavy atom. The number of thiazole rings is 1. The summed E-state index contributed by atoms with van der Waals surface area (Å²) in [6.07, 6.45) is 6.99. The molecule has 0 aliphatic carbocycles. The van der Waals surface area contributed by atoms with Crippen LogP contribution in [0.15, 0.2) is 5.51 Å². The number of hydrogen-bond acceptors (Lipinski definition) is 4. The van der Waals surface area contributed by atoms with Crippen LogP contribution in [-0.4, -0.2) is 41.1 Å². The van der Waals surface area contributed by atoms with E-state index in [9.17, 15) is 4.79 Å². The summed E-state index contributed by atoms with van der Waals surface area (Å²) in [6, 6.07) is 0. The number of likely N-dealkylation sites (tertiary alicyclic amines) is 1. The summed E-state index contributed by atoms with van der Waals surface area (Å²) in [4.78, 5) is 20.0. The highest BCUT2D eigenvalue weighted by molar-refractivity contribution is 7.09. The van der Waals surface area contributed by atoms with Gasteiger partial charge < -0.3 is 9.64 Å². The average Bonchev–Trinajstić information content (AvgIpc) is 3.03. The number of aryl methyl sites for hydroxylation is 2. The molecule has 0 N–H and O–H groups in total. The molecule has 3 rings (SSSR count). The maximum Gasteiger partial charge on any atom is 0.222 e. The first-order chi connectivity index (χ1) is 10.2. The first-order valence-electron chi connectivity index (χ1n) is 7.99. The number of rotatable bonds is 3. The van der Waals surface area contributed by atoms with Crippen molar-refractivity contribution < 1.29 is 9.53 Å². The number of carbonyl (C=O) groups excluding carboxylic acids is 1. The monoisotopic (exact) mass is 308 g/mol. The van der Waals surface area contributed by atoms with Crippen LogP contribution in [0.2, 0.25) is 0 Å². The third-order valence-electron chi connectivity index (χ3n) is 4.85. The summed E-state index contributed by atoms with van der Waals surface area (Å²) in [5.41, 5.74) is 3.02. The summed E-state index contributed by atoms with van der Waals surface area (Å²) in [6.45, 7) is 4.67. The number of carbonyl (C=O) groups is 1. The van der Waals surface area contributed by atoms with Gasteiger partial charge in [-0.3, -0.25) is 4.79 Å². The Morgan fingerprint density at radius 2 is 2.24 bits per heavy atom. The van der Waals surface area contributed by atoms with Gasteiger partial charge in [-0.15, -0.1) is 11.3 Å². The van der Waals surface area contributed by atoms with Gasteiger partial charge in [0, 0.05) is 31.0 Å². The number of aromatic nitrogens is 1. The molecule has 1 amide bonds. The molecular formula is C16H24N2O2S. The van der Waals surface area contributed by atoms with Crippen LogP contribution in [0, 0.1) is 6.92 Å². The zero-order valence-corrected chi connectivity index (χ0v) is 13.6. The third-order valence-corrected chi connectivity index (χ3v) is 5.84. The first kappa shape index (κ1) is 15.0. The molecule has 1 unspecified atom stereocenters. The first-order valence-corrected chi connectivity index (χ1v) is 8.87. The van der Waals surface area contributed by atoms with E-state index in [1.54, 1.807) is 11.3 Å². The lowest BCUT2D eigenvalue weighted by atomic mass is 9.92. The van der Waals surface area contributed by atoms with Gasteiger partial charge in [0.15, 0.2) is 0 Å². The molecule has 116 valence electrons. The Balaban J connectivity index is 1.52. The summed E-state index contributed by atoms with van der Waals surface area (Å²) in [5, 5.41) is 0. The van der Waals surface area contributed by atoms with E-state index >= 15 is 0 Å². The molecule has 0 bridgehead atoms. The molecule has 2 aliphatic rings. The predicted molar refractivity (Wildman–Crippen MR) is 83.5 cm³/mol. The normalized spacial score (nSPS) is 26.2. The van der Waals surface area contributed by atoms with Crippen LogP contribution < -0.4 is 0 Å². The zero-order chi connectivity index (χ0) is 14.7. The van der Waals surface area contributed by atoms with Gasteiger partial charge in [-0.2, -0.15) is 0 Å². The van der Waals surface area contributed by atoms with Gasteiger partial charge in [-0.1, -0.05) is 0 Å². The van der Waals surface area contributed by atoms with Crippen molar-refractivity contribution in [2.45, 2.75) is 57.5 Å². The van der Waals surface area contributed by atoms with Crippen LogP contribution >= 0.6 is 11.3 Å². The molecule has 2 fully saturated rings. The van der Waals surface area contributed by atoms with Gasteiger partial charge in [0.2, 0.25) is 5.91 Å². The van der Waals surface area contributed by atoms with Crippen LogP contribution in [-0.2, 0) is 16.0 Å². The molecule has 2 saturated heterocycles. The molecule has 0 aromatic carbocycles. The standard InChI is InChI=1S/C16H24N2O2S/c1-13-14(21-12-17-13)4-5-15(19)18-9-2-6-16(8-10-18)7-3-11-20-16/h12H,2-11H2,1H3. The Kier molecular flexibility index (Phi) is 4.60. The molecule has 21 heavy (non-hydrogen) atoms. The highest BCUT2D eigenvalue weighted by Crippen LogP contribution is 2.35. The van der Waals surface area contributed by atoms with Gasteiger partial charge in [0.1, 0.15) is 0 Å². The molecule has 2 aliphatic heterocycles. The average molecular weight is 308 g/mol. The largest absolute Gasteiger partial charge is 0.375 e. The lowest BCUT2D eigenvalue weighted by Crippen LogP contribution is -2.34. The quantitative estimate of drug-likeness (QED) is 0.862. The van der Waals surface area contributed by atoms with Crippen molar-refractivity contribution in [3.05, 3.63) is 16.1 Å². The van der Waals surface area contributed by atoms with Crippen molar-refractivity contribution in [1.29, 1.82) is 0 Å². The van der Waals surface area contributed by atoms with Crippen LogP contribution in [0.1, 0.15) is 49.1 Å². The summed E-state index contributed by atoms with van der Waals surface area (Å²) in [5.74, 6) is 0.290. The van der Waals surface area contributed by atoms with E-state index in [0.29, 0.717) is 6.42 Å². The molecule has 4 nitrogen and oxygen atoms in total. The summed E-state index contributed by atoms with van der Waals surface area (Å²) < 4.78 is 5.98. The van der Waals surface area contributed by atoms with Crippen molar-refractivity contribution >= 4 is 17.2 Å². The van der Waals surface area contributed by atoms with E-state index in [1.807, 2.05) is 17.3 Å². The molecule has 1 aromatic rings. The van der Waals surface area contributed by atoms with Gasteiger partial charge in [0.25, 0.3) is 0 Å². The summed E-state index contributed by atoms with van der Waals surface area (Å²) in [7, 11) is 0. The van der Waals surface area contributed by atoms with Crippen molar-refractivity contribution in [2.24, 2.45) is 0 Å². The van der Waals surface area contributed by atoms with Gasteiger partial charge >= 0.3 is 0 Å².